The highest BCUT2D eigenvalue weighted by Crippen LogP contribution is 2.34. The summed E-state index contributed by atoms with van der Waals surface area (Å²) in [5.41, 5.74) is 12.6. The van der Waals surface area contributed by atoms with E-state index >= 15 is 0 Å². The van der Waals surface area contributed by atoms with E-state index in [-0.39, 0.29) is 62.2 Å². The lowest BCUT2D eigenvalue weighted by molar-refractivity contribution is -0.140. The second-order valence-corrected chi connectivity index (χ2v) is 18.1. The van der Waals surface area contributed by atoms with Gasteiger partial charge >= 0.3 is 12.0 Å². The maximum Gasteiger partial charge on any atom is 0.315 e. The van der Waals surface area contributed by atoms with Gasteiger partial charge in [-0.3, -0.25) is 48.4 Å². The Morgan fingerprint density at radius 2 is 1.37 bits per heavy atom. The van der Waals surface area contributed by atoms with Crippen LogP contribution >= 0.6 is 11.8 Å². The van der Waals surface area contributed by atoms with Crippen molar-refractivity contribution in [3.8, 4) is 0 Å². The van der Waals surface area contributed by atoms with Crippen molar-refractivity contribution in [1.82, 2.24) is 48.0 Å². The number of carbonyl (C=O) groups is 10. The summed E-state index contributed by atoms with van der Waals surface area (Å²) in [7, 11) is 0. The number of nitrogens with two attached hydrogens (primary N) is 2. The number of carboxylic acids is 1. The van der Waals surface area contributed by atoms with E-state index in [1.165, 1.54) is 5.48 Å². The molecule has 2 saturated heterocycles. The number of hydroxylamine groups is 1. The zero-order chi connectivity index (χ0) is 47.7. The summed E-state index contributed by atoms with van der Waals surface area (Å²) in [5.74, 6) is -6.95. The van der Waals surface area contributed by atoms with Crippen LogP contribution in [0.5, 0.6) is 0 Å². The van der Waals surface area contributed by atoms with Crippen LogP contribution in [-0.4, -0.2) is 137 Å². The van der Waals surface area contributed by atoms with Gasteiger partial charge in [-0.25, -0.2) is 10.3 Å². The number of primary amides is 1. The van der Waals surface area contributed by atoms with Crippen molar-refractivity contribution < 1.29 is 58.3 Å². The summed E-state index contributed by atoms with van der Waals surface area (Å²) in [6.45, 7) is -0.501. The maximum atomic E-state index is 13.6. The summed E-state index contributed by atoms with van der Waals surface area (Å²) in [6.07, 6.45) is 7.67. The second kappa shape index (κ2) is 29.3. The van der Waals surface area contributed by atoms with Crippen LogP contribution in [0, 0.1) is 11.8 Å². The molecular weight excluding hydrogens is 871 g/mol. The van der Waals surface area contributed by atoms with Gasteiger partial charge in [-0.2, -0.15) is 11.8 Å². The number of thioether (sulfide) groups is 1. The molecule has 3 fully saturated rings. The normalized spacial score (nSPS) is 19.7. The smallest absolute Gasteiger partial charge is 0.315 e. The van der Waals surface area contributed by atoms with Gasteiger partial charge in [0.2, 0.25) is 47.3 Å². The highest BCUT2D eigenvalue weighted by atomic mass is 32.2. The van der Waals surface area contributed by atoms with Crippen molar-refractivity contribution in [2.24, 2.45) is 23.3 Å². The maximum absolute atomic E-state index is 13.6. The fourth-order valence-corrected chi connectivity index (χ4v) is 9.77. The van der Waals surface area contributed by atoms with Gasteiger partial charge in [-0.1, -0.05) is 25.7 Å². The molecule has 0 radical (unpaired) electrons. The van der Waals surface area contributed by atoms with Crippen LogP contribution in [-0.2, 0) is 43.2 Å². The summed E-state index contributed by atoms with van der Waals surface area (Å²) in [5, 5.41) is 39.9. The third-order valence-electron chi connectivity index (χ3n) is 11.8. The SMILES string of the molecule is NCCCC[C@H](NC(=O)[C@H](CCC(=O)O)NC(=O)C(CC(=O)NO)C1CCCCC1)C(=O)NCC(=O)NCC(=O)N[C@@H](CCCCNC(=O)CCCC[C@@H]1SC[C@@H]2NC(=O)N[C@@H]21)C(N)=O. The van der Waals surface area contributed by atoms with Crippen LogP contribution in [0.3, 0.4) is 0 Å². The fourth-order valence-electron chi connectivity index (χ4n) is 8.23. The average molecular weight is 940 g/mol. The van der Waals surface area contributed by atoms with Crippen LogP contribution < -0.4 is 59.5 Å². The lowest BCUT2D eigenvalue weighted by Crippen LogP contribution is -2.55. The molecule has 1 unspecified atom stereocenters. The van der Waals surface area contributed by atoms with Crippen molar-refractivity contribution in [2.45, 2.75) is 151 Å². The molecular formula is C41H69N11O12S. The Balaban J connectivity index is 1.41. The van der Waals surface area contributed by atoms with Gasteiger partial charge in [0.15, 0.2) is 0 Å². The average Bonchev–Trinajstić information content (AvgIpc) is 3.84. The topological polar surface area (TPSA) is 371 Å². The van der Waals surface area contributed by atoms with E-state index in [2.05, 4.69) is 42.5 Å². The summed E-state index contributed by atoms with van der Waals surface area (Å²) in [6, 6.07) is -3.51. The molecule has 3 rings (SSSR count). The molecule has 0 bridgehead atoms. The molecule has 0 aromatic heterocycles. The van der Waals surface area contributed by atoms with Gasteiger partial charge in [0.1, 0.15) is 18.1 Å². The van der Waals surface area contributed by atoms with Crippen LogP contribution in [0.1, 0.15) is 116 Å². The number of hydrogen-bond donors (Lipinski definition) is 13. The van der Waals surface area contributed by atoms with E-state index in [0.29, 0.717) is 63.2 Å². The van der Waals surface area contributed by atoms with Crippen molar-refractivity contribution in [3.05, 3.63) is 0 Å². The molecule has 0 spiro atoms. The minimum absolute atomic E-state index is 0.0725. The molecule has 366 valence electrons. The Hall–Kier alpha value is -5.23. The van der Waals surface area contributed by atoms with E-state index in [9.17, 15) is 53.1 Å². The Morgan fingerprint density at radius 3 is 2.06 bits per heavy atom. The zero-order valence-electron chi connectivity index (χ0n) is 36.9. The molecule has 10 amide bonds. The number of aliphatic carboxylic acids is 1. The van der Waals surface area contributed by atoms with Gasteiger partial charge in [-0.05, 0) is 83.1 Å². The van der Waals surface area contributed by atoms with Crippen molar-refractivity contribution in [3.63, 3.8) is 0 Å². The largest absolute Gasteiger partial charge is 0.481 e. The van der Waals surface area contributed by atoms with Crippen LogP contribution in [0.25, 0.3) is 0 Å². The third-order valence-corrected chi connectivity index (χ3v) is 13.3. The first-order valence-electron chi connectivity index (χ1n) is 22.7. The first kappa shape index (κ1) is 54.1. The molecule has 65 heavy (non-hydrogen) atoms. The van der Waals surface area contributed by atoms with Gasteiger partial charge < -0.3 is 59.1 Å². The Kier molecular flexibility index (Phi) is 24.4. The number of amides is 10. The highest BCUT2D eigenvalue weighted by Gasteiger charge is 2.42. The molecule has 7 atom stereocenters. The lowest BCUT2D eigenvalue weighted by atomic mass is 9.78. The van der Waals surface area contributed by atoms with E-state index in [4.69, 9.17) is 16.7 Å². The number of urea groups is 1. The predicted octanol–water partition coefficient (Wildman–Crippen LogP) is -1.74. The molecule has 24 heteroatoms. The number of nitrogens with one attached hydrogen (secondary N) is 9. The number of carbonyl (C=O) groups excluding carboxylic acids is 9. The first-order chi connectivity index (χ1) is 31.1. The Morgan fingerprint density at radius 1 is 0.692 bits per heavy atom. The molecule has 23 nitrogen and oxygen atoms in total. The summed E-state index contributed by atoms with van der Waals surface area (Å²) in [4.78, 5) is 125. The number of rotatable bonds is 31. The van der Waals surface area contributed by atoms with Crippen molar-refractivity contribution in [2.75, 3.05) is 31.9 Å². The molecule has 1 aliphatic carbocycles. The summed E-state index contributed by atoms with van der Waals surface area (Å²) < 4.78 is 0. The Labute approximate surface area is 382 Å². The summed E-state index contributed by atoms with van der Waals surface area (Å²) >= 11 is 1.83. The highest BCUT2D eigenvalue weighted by molar-refractivity contribution is 8.00. The van der Waals surface area contributed by atoms with Gasteiger partial charge in [0, 0.05) is 42.7 Å². The second-order valence-electron chi connectivity index (χ2n) is 16.8. The predicted molar refractivity (Wildman–Crippen MR) is 236 cm³/mol. The fraction of sp³-hybridized carbons (Fsp3) is 0.756. The van der Waals surface area contributed by atoms with Crippen LogP contribution in [0.4, 0.5) is 4.79 Å². The monoisotopic (exact) mass is 939 g/mol. The van der Waals surface area contributed by atoms with E-state index in [1.54, 1.807) is 0 Å². The van der Waals surface area contributed by atoms with Gasteiger partial charge in [-0.15, -0.1) is 0 Å². The van der Waals surface area contributed by atoms with Gasteiger partial charge in [0.05, 0.1) is 25.2 Å². The molecule has 2 aliphatic heterocycles. The molecule has 0 aromatic rings. The molecule has 1 saturated carbocycles. The minimum Gasteiger partial charge on any atom is -0.481 e. The zero-order valence-corrected chi connectivity index (χ0v) is 37.7. The van der Waals surface area contributed by atoms with Crippen LogP contribution in [0.2, 0.25) is 0 Å². The molecule has 3 aliphatic rings. The number of fused-ring (bicyclic) bond motifs is 1. The van der Waals surface area contributed by atoms with E-state index in [0.717, 1.165) is 37.9 Å². The van der Waals surface area contributed by atoms with Gasteiger partial charge in [0.25, 0.3) is 0 Å². The Bertz CT molecular complexity index is 1650. The number of unbranched alkanes of at least 4 members (excludes halogenated alkanes) is 3. The van der Waals surface area contributed by atoms with Crippen molar-refractivity contribution >= 4 is 71.0 Å². The number of hydrogen-bond acceptors (Lipinski definition) is 13. The first-order valence-corrected chi connectivity index (χ1v) is 23.7. The molecule has 0 aromatic carbocycles. The third kappa shape index (κ3) is 20.2. The van der Waals surface area contributed by atoms with Crippen LogP contribution in [0.15, 0.2) is 0 Å². The number of carboxylic acid groups (broad SMARTS) is 1. The molecule has 15 N–H and O–H groups in total. The minimum atomic E-state index is -1.41. The van der Waals surface area contributed by atoms with E-state index < -0.39 is 90.9 Å². The molecule has 2 heterocycles. The standard InChI is InChI=1S/C41H69N11O12S/c42-18-8-6-13-27(49-40(62)28(16-17-35(57)58)48-38(60)25(20-32(54)52-64)24-10-2-1-3-11-24)39(61)46-21-33(55)45-22-34(56)47-26(37(43)59)12-7-9-19-44-31(53)15-5-4-14-30-36-29(23-65-30)50-41(63)51-36/h24-30,36,64H,1-23,42H2,(H2,43,59)(H,44,53)(H,45,55)(H,46,61)(H,47,56)(H,48,60)(H,49,62)(H,52,54)(H,57,58)(H2,50,51,63)/t25?,26-,27-,28-,29-,30-,36-/m0/s1. The lowest BCUT2D eigenvalue weighted by Gasteiger charge is -2.30. The van der Waals surface area contributed by atoms with E-state index in [1.807, 2.05) is 11.8 Å². The quantitative estimate of drug-likeness (QED) is 0.0159. The van der Waals surface area contributed by atoms with Crippen molar-refractivity contribution in [1.29, 1.82) is 0 Å².